The SMILES string of the molecule is C=C/C=C(\C1=C(C)CN(C(=O)C=C)CC1)C1=C(F)C=C(C(N)=O)C2(C)NC(C)=C(F)C12. The second-order valence-corrected chi connectivity index (χ2v) is 8.21. The third kappa shape index (κ3) is 3.58. The normalized spacial score (nSPS) is 26.5. The summed E-state index contributed by atoms with van der Waals surface area (Å²) in [5.74, 6) is -3.29. The number of rotatable bonds is 5. The number of fused-ring (bicyclic) bond motifs is 1. The van der Waals surface area contributed by atoms with Gasteiger partial charge in [0, 0.05) is 29.9 Å². The van der Waals surface area contributed by atoms with Gasteiger partial charge in [-0.25, -0.2) is 8.78 Å². The molecule has 5 nitrogen and oxygen atoms in total. The molecule has 2 amide bonds. The lowest BCUT2D eigenvalue weighted by molar-refractivity contribution is -0.125. The molecule has 0 bridgehead atoms. The maximum absolute atomic E-state index is 15.5. The lowest BCUT2D eigenvalue weighted by Gasteiger charge is -2.40. The molecule has 2 unspecified atom stereocenters. The van der Waals surface area contributed by atoms with E-state index in [-0.39, 0.29) is 22.8 Å². The molecule has 0 aromatic carbocycles. The minimum atomic E-state index is -1.21. The Kier molecular flexibility index (Phi) is 5.89. The zero-order valence-corrected chi connectivity index (χ0v) is 18.0. The molecule has 2 heterocycles. The smallest absolute Gasteiger partial charge is 0.247 e. The topological polar surface area (TPSA) is 75.4 Å². The van der Waals surface area contributed by atoms with E-state index in [1.54, 1.807) is 24.8 Å². The highest BCUT2D eigenvalue weighted by atomic mass is 19.1. The van der Waals surface area contributed by atoms with Gasteiger partial charge in [0.2, 0.25) is 11.8 Å². The quantitative estimate of drug-likeness (QED) is 0.519. The van der Waals surface area contributed by atoms with Crippen molar-refractivity contribution in [3.05, 3.63) is 82.7 Å². The van der Waals surface area contributed by atoms with E-state index in [0.29, 0.717) is 25.1 Å². The average Bonchev–Trinajstić information content (AvgIpc) is 2.95. The van der Waals surface area contributed by atoms with Crippen molar-refractivity contribution < 1.29 is 18.4 Å². The van der Waals surface area contributed by atoms with Crippen molar-refractivity contribution in [1.29, 1.82) is 0 Å². The van der Waals surface area contributed by atoms with Crippen molar-refractivity contribution in [2.45, 2.75) is 32.7 Å². The van der Waals surface area contributed by atoms with Crippen LogP contribution in [0.4, 0.5) is 8.78 Å². The summed E-state index contributed by atoms with van der Waals surface area (Å²) in [6.45, 7) is 13.1. The highest BCUT2D eigenvalue weighted by Gasteiger charge is 2.53. The number of allylic oxidation sites excluding steroid dienone is 6. The summed E-state index contributed by atoms with van der Waals surface area (Å²) in [5.41, 5.74) is 6.87. The fraction of sp³-hybridized carbons (Fsp3) is 0.333. The summed E-state index contributed by atoms with van der Waals surface area (Å²) in [6, 6.07) is 0. The molecule has 3 N–H and O–H groups in total. The third-order valence-corrected chi connectivity index (χ3v) is 6.24. The summed E-state index contributed by atoms with van der Waals surface area (Å²) in [6.07, 6.45) is 6.00. The summed E-state index contributed by atoms with van der Waals surface area (Å²) < 4.78 is 30.8. The molecule has 164 valence electrons. The Balaban J connectivity index is 2.19. The maximum atomic E-state index is 15.5. The largest absolute Gasteiger partial charge is 0.376 e. The Labute approximate surface area is 181 Å². The number of carbonyl (C=O) groups excluding carboxylic acids is 2. The van der Waals surface area contributed by atoms with Gasteiger partial charge in [-0.1, -0.05) is 30.9 Å². The van der Waals surface area contributed by atoms with Crippen molar-refractivity contribution in [2.24, 2.45) is 11.7 Å². The van der Waals surface area contributed by atoms with Gasteiger partial charge in [-0.2, -0.15) is 0 Å². The molecule has 0 saturated carbocycles. The fourth-order valence-corrected chi connectivity index (χ4v) is 4.81. The molecule has 7 heteroatoms. The number of amides is 2. The van der Waals surface area contributed by atoms with Crippen LogP contribution in [0.15, 0.2) is 82.7 Å². The molecule has 0 aromatic rings. The molecule has 0 aromatic heterocycles. The second kappa shape index (κ2) is 8.13. The predicted molar refractivity (Wildman–Crippen MR) is 117 cm³/mol. The van der Waals surface area contributed by atoms with Gasteiger partial charge in [0.25, 0.3) is 0 Å². The minimum absolute atomic E-state index is 0.0131. The van der Waals surface area contributed by atoms with Gasteiger partial charge in [0.05, 0.1) is 11.5 Å². The molecule has 2 atom stereocenters. The van der Waals surface area contributed by atoms with Crippen LogP contribution < -0.4 is 11.1 Å². The van der Waals surface area contributed by atoms with Crippen LogP contribution in [0.25, 0.3) is 0 Å². The zero-order valence-electron chi connectivity index (χ0n) is 18.0. The van der Waals surface area contributed by atoms with Crippen LogP contribution in [0.5, 0.6) is 0 Å². The highest BCUT2D eigenvalue weighted by Crippen LogP contribution is 2.51. The van der Waals surface area contributed by atoms with Gasteiger partial charge in [-0.3, -0.25) is 9.59 Å². The number of hydrogen-bond acceptors (Lipinski definition) is 3. The summed E-state index contributed by atoms with van der Waals surface area (Å²) in [4.78, 5) is 25.7. The molecular formula is C24H27F2N3O2. The minimum Gasteiger partial charge on any atom is -0.376 e. The Morgan fingerprint density at radius 3 is 2.55 bits per heavy atom. The van der Waals surface area contributed by atoms with Crippen LogP contribution >= 0.6 is 0 Å². The molecule has 0 spiro atoms. The number of halogens is 2. The Morgan fingerprint density at radius 2 is 2.00 bits per heavy atom. The predicted octanol–water partition coefficient (Wildman–Crippen LogP) is 3.66. The molecule has 2 aliphatic heterocycles. The maximum Gasteiger partial charge on any atom is 0.247 e. The van der Waals surface area contributed by atoms with E-state index in [0.717, 1.165) is 17.2 Å². The van der Waals surface area contributed by atoms with Crippen LogP contribution in [0, 0.1) is 5.92 Å². The van der Waals surface area contributed by atoms with Crippen molar-refractivity contribution in [2.75, 3.05) is 13.1 Å². The number of hydrogen-bond donors (Lipinski definition) is 2. The zero-order chi connectivity index (χ0) is 23.1. The molecule has 0 radical (unpaired) electrons. The lowest BCUT2D eigenvalue weighted by atomic mass is 9.69. The standard InChI is InChI=1S/C24H27F2N3O2/c1-6-8-16(15-9-10-29(12-13(15)3)19(30)7-2)20-18(25)11-17(23(27)31)24(5)21(20)22(26)14(4)28-24/h6-8,11,21,28H,1-2,9-10,12H2,3-5H3,(H2,27,31)/b16-8+. The van der Waals surface area contributed by atoms with Crippen LogP contribution in [-0.2, 0) is 9.59 Å². The molecule has 3 rings (SSSR count). The summed E-state index contributed by atoms with van der Waals surface area (Å²) >= 11 is 0. The van der Waals surface area contributed by atoms with E-state index in [1.807, 2.05) is 6.92 Å². The van der Waals surface area contributed by atoms with Crippen LogP contribution in [-0.4, -0.2) is 35.3 Å². The molecule has 0 saturated heterocycles. The average molecular weight is 427 g/mol. The van der Waals surface area contributed by atoms with E-state index in [4.69, 9.17) is 5.73 Å². The molecule has 31 heavy (non-hydrogen) atoms. The van der Waals surface area contributed by atoms with Crippen LogP contribution in [0.3, 0.4) is 0 Å². The van der Waals surface area contributed by atoms with Gasteiger partial charge in [-0.05, 0) is 50.5 Å². The highest BCUT2D eigenvalue weighted by molar-refractivity contribution is 5.96. The Bertz CT molecular complexity index is 1050. The van der Waals surface area contributed by atoms with Crippen molar-refractivity contribution in [3.63, 3.8) is 0 Å². The summed E-state index contributed by atoms with van der Waals surface area (Å²) in [7, 11) is 0. The van der Waals surface area contributed by atoms with Gasteiger partial charge >= 0.3 is 0 Å². The van der Waals surface area contributed by atoms with E-state index in [1.165, 1.54) is 12.2 Å². The Hall–Kier alpha value is -3.22. The summed E-state index contributed by atoms with van der Waals surface area (Å²) in [5, 5.41) is 3.01. The van der Waals surface area contributed by atoms with Gasteiger partial charge < -0.3 is 16.0 Å². The molecule has 1 aliphatic carbocycles. The van der Waals surface area contributed by atoms with E-state index in [9.17, 15) is 9.59 Å². The Morgan fingerprint density at radius 1 is 1.32 bits per heavy atom. The first-order valence-corrected chi connectivity index (χ1v) is 10.1. The third-order valence-electron chi connectivity index (χ3n) is 6.24. The molecule has 3 aliphatic rings. The number of nitrogens with one attached hydrogen (secondary N) is 1. The number of carbonyl (C=O) groups is 2. The first-order valence-electron chi connectivity index (χ1n) is 10.1. The fourth-order valence-electron chi connectivity index (χ4n) is 4.81. The monoisotopic (exact) mass is 427 g/mol. The van der Waals surface area contributed by atoms with E-state index < -0.39 is 29.0 Å². The van der Waals surface area contributed by atoms with Gasteiger partial charge in [0.1, 0.15) is 11.7 Å². The number of primary amides is 1. The molecule has 0 fully saturated rings. The molecular weight excluding hydrogens is 400 g/mol. The van der Waals surface area contributed by atoms with Gasteiger partial charge in [-0.15, -0.1) is 0 Å². The second-order valence-electron chi connectivity index (χ2n) is 8.21. The number of nitrogens with two attached hydrogens (primary N) is 1. The first kappa shape index (κ1) is 22.5. The lowest BCUT2D eigenvalue weighted by Crippen LogP contribution is -2.51. The van der Waals surface area contributed by atoms with Crippen LogP contribution in [0.1, 0.15) is 27.2 Å². The van der Waals surface area contributed by atoms with Crippen LogP contribution in [0.2, 0.25) is 0 Å². The number of nitrogens with zero attached hydrogens (tertiary/aromatic N) is 1. The van der Waals surface area contributed by atoms with E-state index in [2.05, 4.69) is 18.5 Å². The van der Waals surface area contributed by atoms with Crippen molar-refractivity contribution in [3.8, 4) is 0 Å². The van der Waals surface area contributed by atoms with Gasteiger partial charge in [0.15, 0.2) is 0 Å². The first-order chi connectivity index (χ1) is 14.6. The van der Waals surface area contributed by atoms with Crippen molar-refractivity contribution in [1.82, 2.24) is 10.2 Å². The van der Waals surface area contributed by atoms with E-state index >= 15 is 8.78 Å². The van der Waals surface area contributed by atoms with Crippen molar-refractivity contribution >= 4 is 11.8 Å².